The summed E-state index contributed by atoms with van der Waals surface area (Å²) in [4.78, 5) is 5.06. The monoisotopic (exact) mass is 450 g/mol. The highest BCUT2D eigenvalue weighted by Gasteiger charge is 2.21. The summed E-state index contributed by atoms with van der Waals surface area (Å²) in [6.07, 6.45) is 0.786. The molecule has 0 aromatic heterocycles. The van der Waals surface area contributed by atoms with E-state index in [1.165, 1.54) is 5.56 Å². The number of hydrogen-bond donors (Lipinski definition) is 0. The molecule has 0 amide bonds. The summed E-state index contributed by atoms with van der Waals surface area (Å²) in [6, 6.07) is 26.4. The van der Waals surface area contributed by atoms with Crippen LogP contribution >= 0.6 is 11.6 Å². The van der Waals surface area contributed by atoms with E-state index in [2.05, 4.69) is 46.2 Å². The Bertz CT molecular complexity index is 957. The molecule has 3 aromatic carbocycles. The molecule has 5 heteroatoms. The molecule has 1 saturated heterocycles. The van der Waals surface area contributed by atoms with E-state index in [9.17, 15) is 0 Å². The fourth-order valence-corrected chi connectivity index (χ4v) is 4.40. The van der Waals surface area contributed by atoms with Gasteiger partial charge >= 0.3 is 0 Å². The lowest BCUT2D eigenvalue weighted by Crippen LogP contribution is -2.46. The lowest BCUT2D eigenvalue weighted by Gasteiger charge is -2.35. The first-order chi connectivity index (χ1) is 15.7. The van der Waals surface area contributed by atoms with E-state index >= 15 is 0 Å². The Morgan fingerprint density at radius 3 is 2.09 bits per heavy atom. The molecule has 0 N–H and O–H groups in total. The van der Waals surface area contributed by atoms with Gasteiger partial charge in [-0.15, -0.1) is 0 Å². The van der Waals surface area contributed by atoms with Gasteiger partial charge < -0.3 is 14.4 Å². The molecule has 1 atom stereocenters. The van der Waals surface area contributed by atoms with E-state index < -0.39 is 0 Å². The van der Waals surface area contributed by atoms with Crippen LogP contribution in [0, 0.1) is 0 Å². The van der Waals surface area contributed by atoms with Crippen molar-refractivity contribution >= 4 is 11.6 Å². The third kappa shape index (κ3) is 6.26. The average Bonchev–Trinajstić information content (AvgIpc) is 2.84. The highest BCUT2D eigenvalue weighted by Crippen LogP contribution is 2.31. The largest absolute Gasteiger partial charge is 0.497 e. The van der Waals surface area contributed by atoms with Gasteiger partial charge in [-0.2, -0.15) is 0 Å². The van der Waals surface area contributed by atoms with Gasteiger partial charge in [-0.3, -0.25) is 4.90 Å². The van der Waals surface area contributed by atoms with Gasteiger partial charge in [0, 0.05) is 56.3 Å². The van der Waals surface area contributed by atoms with Crippen LogP contribution in [0.4, 0.5) is 0 Å². The van der Waals surface area contributed by atoms with E-state index in [1.54, 1.807) is 7.11 Å². The summed E-state index contributed by atoms with van der Waals surface area (Å²) in [7, 11) is 1.67. The Morgan fingerprint density at radius 1 is 0.781 bits per heavy atom. The van der Waals surface area contributed by atoms with Gasteiger partial charge in [0.05, 0.1) is 7.11 Å². The summed E-state index contributed by atoms with van der Waals surface area (Å²) in [5, 5.41) is 0.749. The molecule has 0 bridgehead atoms. The van der Waals surface area contributed by atoms with Crippen LogP contribution in [0.25, 0.3) is 0 Å². The predicted molar refractivity (Wildman–Crippen MR) is 131 cm³/mol. The molecule has 3 aromatic rings. The minimum atomic E-state index is -0.0977. The minimum absolute atomic E-state index is 0.0977. The van der Waals surface area contributed by atoms with E-state index in [0.717, 1.165) is 67.8 Å². The number of nitrogens with zero attached hydrogens (tertiary/aromatic N) is 2. The maximum atomic E-state index is 6.53. The summed E-state index contributed by atoms with van der Waals surface area (Å²) >= 11 is 6.53. The van der Waals surface area contributed by atoms with Gasteiger partial charge in [-0.05, 0) is 35.9 Å². The summed E-state index contributed by atoms with van der Waals surface area (Å²) < 4.78 is 11.7. The number of ether oxygens (including phenoxy) is 2. The summed E-state index contributed by atoms with van der Waals surface area (Å²) in [6.45, 7) is 6.33. The molecular formula is C27H31ClN2O2. The van der Waals surface area contributed by atoms with Gasteiger partial charge in [0.25, 0.3) is 0 Å². The number of benzene rings is 3. The Kier molecular flexibility index (Phi) is 8.05. The van der Waals surface area contributed by atoms with Crippen molar-refractivity contribution in [2.45, 2.75) is 19.1 Å². The molecule has 4 rings (SSSR count). The second-order valence-electron chi connectivity index (χ2n) is 8.20. The normalized spacial score (nSPS) is 15.9. The molecule has 0 radical (unpaired) electrons. The van der Waals surface area contributed by atoms with Gasteiger partial charge in [-0.1, -0.05) is 60.1 Å². The molecule has 168 valence electrons. The van der Waals surface area contributed by atoms with Crippen molar-refractivity contribution in [1.82, 2.24) is 9.80 Å². The van der Waals surface area contributed by atoms with Crippen molar-refractivity contribution < 1.29 is 9.47 Å². The number of piperazine rings is 1. The topological polar surface area (TPSA) is 24.9 Å². The fourth-order valence-electron chi connectivity index (χ4n) is 4.15. The molecule has 1 heterocycles. The van der Waals surface area contributed by atoms with Crippen molar-refractivity contribution in [2.24, 2.45) is 0 Å². The van der Waals surface area contributed by atoms with Gasteiger partial charge in [0.15, 0.2) is 0 Å². The lowest BCUT2D eigenvalue weighted by molar-refractivity contribution is 0.107. The molecule has 1 aliphatic rings. The first kappa shape index (κ1) is 22.7. The molecular weight excluding hydrogens is 420 g/mol. The van der Waals surface area contributed by atoms with Crippen LogP contribution in [0.2, 0.25) is 5.02 Å². The van der Waals surface area contributed by atoms with Crippen LogP contribution in [0.3, 0.4) is 0 Å². The zero-order chi connectivity index (χ0) is 22.2. The van der Waals surface area contributed by atoms with Crippen LogP contribution in [0.5, 0.6) is 11.5 Å². The van der Waals surface area contributed by atoms with Crippen molar-refractivity contribution in [3.8, 4) is 11.5 Å². The molecule has 1 unspecified atom stereocenters. The fraction of sp³-hybridized carbons (Fsp3) is 0.333. The number of methoxy groups -OCH3 is 1. The Hall–Kier alpha value is -2.53. The quantitative estimate of drug-likeness (QED) is 0.419. The van der Waals surface area contributed by atoms with Crippen LogP contribution < -0.4 is 9.47 Å². The second-order valence-corrected chi connectivity index (χ2v) is 8.60. The molecule has 1 aliphatic heterocycles. The SMILES string of the molecule is COc1ccc(OC(CCN2CCN(Cc3ccccc3)CC2)c2ccccc2Cl)cc1. The molecule has 4 nitrogen and oxygen atoms in total. The predicted octanol–water partition coefficient (Wildman–Crippen LogP) is 5.68. The Balaban J connectivity index is 1.34. The molecule has 0 aliphatic carbocycles. The maximum absolute atomic E-state index is 6.53. The van der Waals surface area contributed by atoms with Crippen LogP contribution in [-0.4, -0.2) is 49.6 Å². The van der Waals surface area contributed by atoms with E-state index in [1.807, 2.05) is 42.5 Å². The number of halogens is 1. The lowest BCUT2D eigenvalue weighted by atomic mass is 10.1. The minimum Gasteiger partial charge on any atom is -0.497 e. The van der Waals surface area contributed by atoms with Crippen molar-refractivity contribution in [1.29, 1.82) is 0 Å². The standard InChI is InChI=1S/C27H31ClN2O2/c1-31-23-11-13-24(14-12-23)32-27(25-9-5-6-10-26(25)28)15-16-29-17-19-30(20-18-29)21-22-7-3-2-4-8-22/h2-14,27H,15-21H2,1H3. The molecule has 0 saturated carbocycles. The molecule has 0 spiro atoms. The van der Waals surface area contributed by atoms with Crippen LogP contribution in [0.1, 0.15) is 23.7 Å². The first-order valence-corrected chi connectivity index (χ1v) is 11.6. The van der Waals surface area contributed by atoms with E-state index in [0.29, 0.717) is 0 Å². The van der Waals surface area contributed by atoms with Crippen molar-refractivity contribution in [3.05, 3.63) is 95.0 Å². The zero-order valence-corrected chi connectivity index (χ0v) is 19.4. The Labute approximate surface area is 196 Å². The maximum Gasteiger partial charge on any atom is 0.126 e. The summed E-state index contributed by atoms with van der Waals surface area (Å²) in [5.74, 6) is 1.64. The smallest absolute Gasteiger partial charge is 0.126 e. The van der Waals surface area contributed by atoms with Crippen LogP contribution in [0.15, 0.2) is 78.9 Å². The van der Waals surface area contributed by atoms with Crippen molar-refractivity contribution in [2.75, 3.05) is 39.8 Å². The van der Waals surface area contributed by atoms with Crippen LogP contribution in [-0.2, 0) is 6.54 Å². The number of rotatable bonds is 9. The van der Waals surface area contributed by atoms with E-state index in [4.69, 9.17) is 21.1 Å². The molecule has 1 fully saturated rings. The van der Waals surface area contributed by atoms with E-state index in [-0.39, 0.29) is 6.10 Å². The molecule has 32 heavy (non-hydrogen) atoms. The summed E-state index contributed by atoms with van der Waals surface area (Å²) in [5.41, 5.74) is 2.42. The average molecular weight is 451 g/mol. The highest BCUT2D eigenvalue weighted by atomic mass is 35.5. The third-order valence-electron chi connectivity index (χ3n) is 6.01. The Morgan fingerprint density at radius 2 is 1.41 bits per heavy atom. The van der Waals surface area contributed by atoms with Gasteiger partial charge in [0.2, 0.25) is 0 Å². The van der Waals surface area contributed by atoms with Crippen molar-refractivity contribution in [3.63, 3.8) is 0 Å². The highest BCUT2D eigenvalue weighted by molar-refractivity contribution is 6.31. The van der Waals surface area contributed by atoms with Gasteiger partial charge in [-0.25, -0.2) is 0 Å². The third-order valence-corrected chi connectivity index (χ3v) is 6.36. The zero-order valence-electron chi connectivity index (χ0n) is 18.6. The first-order valence-electron chi connectivity index (χ1n) is 11.2. The number of hydrogen-bond acceptors (Lipinski definition) is 4. The van der Waals surface area contributed by atoms with Gasteiger partial charge in [0.1, 0.15) is 17.6 Å². The second kappa shape index (κ2) is 11.4.